The molecule has 0 saturated heterocycles. The van der Waals surface area contributed by atoms with E-state index in [2.05, 4.69) is 50.4 Å². The molecule has 2 heteroatoms. The van der Waals surface area contributed by atoms with Gasteiger partial charge in [-0.25, -0.2) is 0 Å². The number of hydrogen-bond donors (Lipinski definition) is 2. The van der Waals surface area contributed by atoms with Gasteiger partial charge in [-0.15, -0.1) is 0 Å². The number of aliphatic hydroxyl groups excluding tert-OH is 1. The first-order chi connectivity index (χ1) is 8.67. The van der Waals surface area contributed by atoms with Crippen molar-refractivity contribution in [2.24, 2.45) is 5.92 Å². The summed E-state index contributed by atoms with van der Waals surface area (Å²) in [5, 5.41) is 12.4. The largest absolute Gasteiger partial charge is 0.396 e. The number of hydrogen-bond acceptors (Lipinski definition) is 2. The standard InChI is InChI=1S/C16H27NO/c1-4-5-15-6-8-16(9-7-15)14(3)17-12-13(2)10-11-18/h6-9,13-14,17-18H,4-5,10-12H2,1-3H3. The minimum atomic E-state index is 0.281. The van der Waals surface area contributed by atoms with E-state index in [4.69, 9.17) is 5.11 Å². The molecule has 0 spiro atoms. The lowest BCUT2D eigenvalue weighted by Crippen LogP contribution is -2.25. The molecule has 0 aromatic heterocycles. The Hall–Kier alpha value is -0.860. The second-order valence-electron chi connectivity index (χ2n) is 5.24. The van der Waals surface area contributed by atoms with Crippen molar-refractivity contribution in [1.82, 2.24) is 5.32 Å². The highest BCUT2D eigenvalue weighted by molar-refractivity contribution is 5.24. The van der Waals surface area contributed by atoms with Crippen LogP contribution in [0.3, 0.4) is 0 Å². The molecule has 0 fully saturated rings. The molecule has 0 aliphatic heterocycles. The van der Waals surface area contributed by atoms with Crippen molar-refractivity contribution >= 4 is 0 Å². The summed E-state index contributed by atoms with van der Waals surface area (Å²) < 4.78 is 0. The van der Waals surface area contributed by atoms with Gasteiger partial charge in [0.05, 0.1) is 0 Å². The minimum absolute atomic E-state index is 0.281. The minimum Gasteiger partial charge on any atom is -0.396 e. The van der Waals surface area contributed by atoms with Gasteiger partial charge in [0.15, 0.2) is 0 Å². The quantitative estimate of drug-likeness (QED) is 0.741. The zero-order valence-corrected chi connectivity index (χ0v) is 11.9. The third kappa shape index (κ3) is 5.19. The number of nitrogens with one attached hydrogen (secondary N) is 1. The van der Waals surface area contributed by atoms with Crippen LogP contribution in [0.5, 0.6) is 0 Å². The van der Waals surface area contributed by atoms with Crippen LogP contribution in [0, 0.1) is 5.92 Å². The number of rotatable bonds is 8. The average Bonchev–Trinajstić information content (AvgIpc) is 2.37. The van der Waals surface area contributed by atoms with E-state index in [0.29, 0.717) is 12.0 Å². The van der Waals surface area contributed by atoms with E-state index in [9.17, 15) is 0 Å². The summed E-state index contributed by atoms with van der Waals surface area (Å²) in [6, 6.07) is 9.28. The van der Waals surface area contributed by atoms with Gasteiger partial charge in [-0.05, 0) is 43.4 Å². The van der Waals surface area contributed by atoms with Crippen molar-refractivity contribution in [3.05, 3.63) is 35.4 Å². The molecule has 102 valence electrons. The van der Waals surface area contributed by atoms with Gasteiger partial charge in [0.2, 0.25) is 0 Å². The van der Waals surface area contributed by atoms with E-state index < -0.39 is 0 Å². The number of aryl methyl sites for hydroxylation is 1. The van der Waals surface area contributed by atoms with E-state index in [1.165, 1.54) is 17.5 Å². The van der Waals surface area contributed by atoms with Crippen molar-refractivity contribution < 1.29 is 5.11 Å². The number of aliphatic hydroxyl groups is 1. The van der Waals surface area contributed by atoms with Crippen molar-refractivity contribution in [2.75, 3.05) is 13.2 Å². The lowest BCUT2D eigenvalue weighted by Gasteiger charge is -2.18. The maximum atomic E-state index is 8.87. The Labute approximate surface area is 111 Å². The number of benzene rings is 1. The first-order valence-electron chi connectivity index (χ1n) is 7.10. The Balaban J connectivity index is 2.43. The molecule has 0 heterocycles. The fourth-order valence-corrected chi connectivity index (χ4v) is 2.08. The Morgan fingerprint density at radius 2 is 1.83 bits per heavy atom. The van der Waals surface area contributed by atoms with E-state index in [1.807, 2.05) is 0 Å². The highest BCUT2D eigenvalue weighted by atomic mass is 16.3. The van der Waals surface area contributed by atoms with Crippen LogP contribution >= 0.6 is 0 Å². The predicted octanol–water partition coefficient (Wildman–Crippen LogP) is 3.31. The molecule has 0 bridgehead atoms. The molecule has 18 heavy (non-hydrogen) atoms. The third-order valence-corrected chi connectivity index (χ3v) is 3.41. The summed E-state index contributed by atoms with van der Waals surface area (Å²) in [6.07, 6.45) is 3.23. The van der Waals surface area contributed by atoms with Gasteiger partial charge < -0.3 is 10.4 Å². The van der Waals surface area contributed by atoms with Crippen molar-refractivity contribution in [2.45, 2.75) is 46.1 Å². The molecular formula is C16H27NO. The summed E-state index contributed by atoms with van der Waals surface area (Å²) in [7, 11) is 0. The topological polar surface area (TPSA) is 32.3 Å². The molecule has 0 saturated carbocycles. The Morgan fingerprint density at radius 3 is 2.39 bits per heavy atom. The van der Waals surface area contributed by atoms with Crippen LogP contribution < -0.4 is 5.32 Å². The van der Waals surface area contributed by atoms with E-state index in [1.54, 1.807) is 0 Å². The average molecular weight is 249 g/mol. The van der Waals surface area contributed by atoms with Crippen molar-refractivity contribution in [3.8, 4) is 0 Å². The van der Waals surface area contributed by atoms with Gasteiger partial charge in [0.25, 0.3) is 0 Å². The Kier molecular flexibility index (Phi) is 6.99. The van der Waals surface area contributed by atoms with Crippen molar-refractivity contribution in [3.63, 3.8) is 0 Å². The maximum absolute atomic E-state index is 8.87. The molecule has 2 atom stereocenters. The van der Waals surface area contributed by atoms with E-state index >= 15 is 0 Å². The summed E-state index contributed by atoms with van der Waals surface area (Å²) in [6.45, 7) is 7.81. The molecular weight excluding hydrogens is 222 g/mol. The van der Waals surface area contributed by atoms with E-state index in [-0.39, 0.29) is 6.61 Å². The van der Waals surface area contributed by atoms with Crippen LogP contribution in [-0.2, 0) is 6.42 Å². The van der Waals surface area contributed by atoms with Crippen LogP contribution in [0.15, 0.2) is 24.3 Å². The van der Waals surface area contributed by atoms with Crippen LogP contribution in [0.4, 0.5) is 0 Å². The summed E-state index contributed by atoms with van der Waals surface area (Å²) in [5.41, 5.74) is 2.76. The molecule has 1 aromatic carbocycles. The highest BCUT2D eigenvalue weighted by Gasteiger charge is 2.07. The van der Waals surface area contributed by atoms with Crippen LogP contribution in [-0.4, -0.2) is 18.3 Å². The summed E-state index contributed by atoms with van der Waals surface area (Å²) in [4.78, 5) is 0. The Bertz CT molecular complexity index is 320. The molecule has 2 unspecified atom stereocenters. The van der Waals surface area contributed by atoms with Crippen molar-refractivity contribution in [1.29, 1.82) is 0 Å². The van der Waals surface area contributed by atoms with Gasteiger partial charge in [0, 0.05) is 12.6 Å². The molecule has 0 aliphatic rings. The second kappa shape index (κ2) is 8.28. The lowest BCUT2D eigenvalue weighted by molar-refractivity contribution is 0.258. The molecule has 0 amide bonds. The van der Waals surface area contributed by atoms with Gasteiger partial charge in [-0.3, -0.25) is 0 Å². The van der Waals surface area contributed by atoms with E-state index in [0.717, 1.165) is 19.4 Å². The fourth-order valence-electron chi connectivity index (χ4n) is 2.08. The zero-order chi connectivity index (χ0) is 13.4. The smallest absolute Gasteiger partial charge is 0.0434 e. The zero-order valence-electron chi connectivity index (χ0n) is 11.9. The van der Waals surface area contributed by atoms with Gasteiger partial charge in [-0.1, -0.05) is 44.5 Å². The fraction of sp³-hybridized carbons (Fsp3) is 0.625. The van der Waals surface area contributed by atoms with Crippen LogP contribution in [0.1, 0.15) is 50.8 Å². The monoisotopic (exact) mass is 249 g/mol. The SMILES string of the molecule is CCCc1ccc(C(C)NCC(C)CCO)cc1. The van der Waals surface area contributed by atoms with Gasteiger partial charge in [0.1, 0.15) is 0 Å². The molecule has 1 aromatic rings. The highest BCUT2D eigenvalue weighted by Crippen LogP contribution is 2.15. The first kappa shape index (κ1) is 15.2. The lowest BCUT2D eigenvalue weighted by atomic mass is 10.0. The third-order valence-electron chi connectivity index (χ3n) is 3.41. The van der Waals surface area contributed by atoms with Gasteiger partial charge in [-0.2, -0.15) is 0 Å². The summed E-state index contributed by atoms with van der Waals surface area (Å²) >= 11 is 0. The molecule has 2 nitrogen and oxygen atoms in total. The van der Waals surface area contributed by atoms with Gasteiger partial charge >= 0.3 is 0 Å². The first-order valence-corrected chi connectivity index (χ1v) is 7.10. The molecule has 2 N–H and O–H groups in total. The molecule has 1 rings (SSSR count). The molecule has 0 radical (unpaired) electrons. The second-order valence-corrected chi connectivity index (χ2v) is 5.24. The maximum Gasteiger partial charge on any atom is 0.0434 e. The normalized spacial score (nSPS) is 14.4. The van der Waals surface area contributed by atoms with Crippen LogP contribution in [0.25, 0.3) is 0 Å². The molecule has 0 aliphatic carbocycles. The predicted molar refractivity (Wildman–Crippen MR) is 77.7 cm³/mol. The Morgan fingerprint density at radius 1 is 1.17 bits per heavy atom. The summed E-state index contributed by atoms with van der Waals surface area (Å²) in [5.74, 6) is 0.525. The van der Waals surface area contributed by atoms with Crippen LogP contribution in [0.2, 0.25) is 0 Å².